The number of aromatic nitrogens is 2. The quantitative estimate of drug-likeness (QED) is 0.394. The molecule has 0 saturated carbocycles. The fourth-order valence-electron chi connectivity index (χ4n) is 2.47. The van der Waals surface area contributed by atoms with Crippen molar-refractivity contribution in [3.05, 3.63) is 69.3 Å². The van der Waals surface area contributed by atoms with E-state index in [1.54, 1.807) is 0 Å². The van der Waals surface area contributed by atoms with Crippen molar-refractivity contribution in [2.24, 2.45) is 0 Å². The van der Waals surface area contributed by atoms with Crippen LogP contribution in [0.2, 0.25) is 10.0 Å². The standard InChI is InChI=1S/C19H8Cl2F6N2O3/c20-11-1-2-13(21)14(6-11)32-16-12(17(30)31)7-28-15(29-16)8-3-9(18(22,23)24)5-10(4-8)19(25,26)27/h1-7H,(H,30,31). The van der Waals surface area contributed by atoms with E-state index < -0.39 is 52.3 Å². The highest BCUT2D eigenvalue weighted by atomic mass is 35.5. The Morgan fingerprint density at radius 2 is 1.53 bits per heavy atom. The van der Waals surface area contributed by atoms with Gasteiger partial charge in [0.1, 0.15) is 11.3 Å². The lowest BCUT2D eigenvalue weighted by molar-refractivity contribution is -0.143. The molecule has 0 radical (unpaired) electrons. The second-order valence-electron chi connectivity index (χ2n) is 6.19. The van der Waals surface area contributed by atoms with Gasteiger partial charge in [-0.2, -0.15) is 31.3 Å². The molecule has 2 aromatic carbocycles. The number of aromatic carboxylic acids is 1. The highest BCUT2D eigenvalue weighted by molar-refractivity contribution is 6.34. The predicted molar refractivity (Wildman–Crippen MR) is 101 cm³/mol. The Kier molecular flexibility index (Phi) is 6.25. The van der Waals surface area contributed by atoms with Crippen molar-refractivity contribution in [2.75, 3.05) is 0 Å². The van der Waals surface area contributed by atoms with Crippen molar-refractivity contribution in [3.63, 3.8) is 0 Å². The summed E-state index contributed by atoms with van der Waals surface area (Å²) >= 11 is 11.8. The molecule has 0 spiro atoms. The van der Waals surface area contributed by atoms with Gasteiger partial charge >= 0.3 is 18.3 Å². The largest absolute Gasteiger partial charge is 0.477 e. The molecular weight excluding hydrogens is 489 g/mol. The molecule has 0 atom stereocenters. The molecule has 13 heteroatoms. The Morgan fingerprint density at radius 3 is 2.06 bits per heavy atom. The van der Waals surface area contributed by atoms with E-state index in [-0.39, 0.29) is 21.9 Å². The number of benzene rings is 2. The molecule has 0 unspecified atom stereocenters. The molecule has 0 aliphatic rings. The van der Waals surface area contributed by atoms with Gasteiger partial charge in [0, 0.05) is 22.8 Å². The monoisotopic (exact) mass is 496 g/mol. The van der Waals surface area contributed by atoms with E-state index in [1.165, 1.54) is 18.2 Å². The summed E-state index contributed by atoms with van der Waals surface area (Å²) in [5.74, 6) is -3.02. The summed E-state index contributed by atoms with van der Waals surface area (Å²) in [6.07, 6.45) is -9.50. The Morgan fingerprint density at radius 1 is 0.938 bits per heavy atom. The minimum atomic E-state index is -5.09. The summed E-state index contributed by atoms with van der Waals surface area (Å²) < 4.78 is 84.1. The fourth-order valence-corrected chi connectivity index (χ4v) is 2.79. The Balaban J connectivity index is 2.18. The number of ether oxygens (including phenoxy) is 1. The van der Waals surface area contributed by atoms with Gasteiger partial charge in [-0.15, -0.1) is 0 Å². The topological polar surface area (TPSA) is 72.3 Å². The first kappa shape index (κ1) is 23.6. The Bertz CT molecular complexity index is 1170. The molecule has 1 heterocycles. The number of rotatable bonds is 4. The van der Waals surface area contributed by atoms with Crippen molar-refractivity contribution in [2.45, 2.75) is 12.4 Å². The van der Waals surface area contributed by atoms with Crippen LogP contribution in [-0.4, -0.2) is 21.0 Å². The average Bonchev–Trinajstić information content (AvgIpc) is 2.69. The smallest absolute Gasteiger partial charge is 0.416 e. The van der Waals surface area contributed by atoms with E-state index in [4.69, 9.17) is 27.9 Å². The number of halogens is 8. The maximum Gasteiger partial charge on any atom is 0.416 e. The van der Waals surface area contributed by atoms with Crippen molar-refractivity contribution in [1.29, 1.82) is 0 Å². The second kappa shape index (κ2) is 8.47. The van der Waals surface area contributed by atoms with Crippen LogP contribution in [0, 0.1) is 0 Å². The van der Waals surface area contributed by atoms with Gasteiger partial charge < -0.3 is 9.84 Å². The van der Waals surface area contributed by atoms with Gasteiger partial charge in [-0.1, -0.05) is 23.2 Å². The van der Waals surface area contributed by atoms with Gasteiger partial charge in [-0.3, -0.25) is 0 Å². The van der Waals surface area contributed by atoms with Crippen molar-refractivity contribution in [3.8, 4) is 23.0 Å². The first-order valence-electron chi connectivity index (χ1n) is 8.29. The predicted octanol–water partition coefficient (Wildman–Crippen LogP) is 6.98. The van der Waals surface area contributed by atoms with E-state index in [1.807, 2.05) is 0 Å². The minimum absolute atomic E-state index is 0.00988. The third kappa shape index (κ3) is 5.22. The lowest BCUT2D eigenvalue weighted by Crippen LogP contribution is -2.11. The third-order valence-electron chi connectivity index (χ3n) is 3.93. The van der Waals surface area contributed by atoms with E-state index in [0.717, 1.165) is 0 Å². The van der Waals surface area contributed by atoms with Crippen LogP contribution < -0.4 is 4.74 Å². The molecule has 0 saturated heterocycles. The number of nitrogens with zero attached hydrogens (tertiary/aromatic N) is 2. The molecule has 5 nitrogen and oxygen atoms in total. The maximum absolute atomic E-state index is 13.1. The van der Waals surface area contributed by atoms with E-state index in [9.17, 15) is 36.2 Å². The molecule has 0 amide bonds. The fraction of sp³-hybridized carbons (Fsp3) is 0.105. The van der Waals surface area contributed by atoms with Crippen LogP contribution in [0.25, 0.3) is 11.4 Å². The normalized spacial score (nSPS) is 12.0. The molecule has 3 rings (SSSR count). The van der Waals surface area contributed by atoms with Crippen LogP contribution in [0.5, 0.6) is 11.6 Å². The first-order chi connectivity index (χ1) is 14.8. The van der Waals surface area contributed by atoms with Crippen LogP contribution >= 0.6 is 23.2 Å². The summed E-state index contributed by atoms with van der Waals surface area (Å²) in [5.41, 5.74) is -4.46. The van der Waals surface area contributed by atoms with E-state index in [0.29, 0.717) is 18.3 Å². The summed E-state index contributed by atoms with van der Waals surface area (Å²) in [4.78, 5) is 18.8. The van der Waals surface area contributed by atoms with Crippen LogP contribution in [0.3, 0.4) is 0 Å². The number of alkyl halides is 6. The summed E-state index contributed by atoms with van der Waals surface area (Å²) in [5, 5.41) is 9.46. The number of hydrogen-bond donors (Lipinski definition) is 1. The zero-order valence-electron chi connectivity index (χ0n) is 15.2. The van der Waals surface area contributed by atoms with E-state index >= 15 is 0 Å². The molecule has 168 valence electrons. The lowest BCUT2D eigenvalue weighted by atomic mass is 10.0. The van der Waals surface area contributed by atoms with Crippen LogP contribution in [0.15, 0.2) is 42.6 Å². The molecular formula is C19H8Cl2F6N2O3. The van der Waals surface area contributed by atoms with Gasteiger partial charge in [-0.25, -0.2) is 9.78 Å². The number of carbonyl (C=O) groups is 1. The zero-order chi connectivity index (χ0) is 23.8. The van der Waals surface area contributed by atoms with Crippen LogP contribution in [-0.2, 0) is 12.4 Å². The van der Waals surface area contributed by atoms with Gasteiger partial charge in [0.2, 0.25) is 5.88 Å². The van der Waals surface area contributed by atoms with E-state index in [2.05, 4.69) is 9.97 Å². The molecule has 1 N–H and O–H groups in total. The van der Waals surface area contributed by atoms with Gasteiger partial charge in [0.25, 0.3) is 0 Å². The molecule has 0 bridgehead atoms. The molecule has 0 aliphatic heterocycles. The molecule has 0 aliphatic carbocycles. The molecule has 3 aromatic rings. The van der Waals surface area contributed by atoms with Crippen LogP contribution in [0.1, 0.15) is 21.5 Å². The highest BCUT2D eigenvalue weighted by Crippen LogP contribution is 2.39. The lowest BCUT2D eigenvalue weighted by Gasteiger charge is -2.14. The molecule has 0 fully saturated rings. The third-order valence-corrected chi connectivity index (χ3v) is 4.48. The van der Waals surface area contributed by atoms with Gasteiger partial charge in [0.15, 0.2) is 5.82 Å². The number of hydrogen-bond acceptors (Lipinski definition) is 4. The van der Waals surface area contributed by atoms with Crippen molar-refractivity contribution >= 4 is 29.2 Å². The zero-order valence-corrected chi connectivity index (χ0v) is 16.7. The Labute approximate surface area is 185 Å². The summed E-state index contributed by atoms with van der Waals surface area (Å²) in [6.45, 7) is 0. The number of carboxylic acid groups (broad SMARTS) is 1. The van der Waals surface area contributed by atoms with Crippen LogP contribution in [0.4, 0.5) is 26.3 Å². The minimum Gasteiger partial charge on any atom is -0.477 e. The summed E-state index contributed by atoms with van der Waals surface area (Å²) in [6, 6.07) is 4.69. The highest BCUT2D eigenvalue weighted by Gasteiger charge is 2.37. The summed E-state index contributed by atoms with van der Waals surface area (Å²) in [7, 11) is 0. The molecule has 32 heavy (non-hydrogen) atoms. The SMILES string of the molecule is O=C(O)c1cnc(-c2cc(C(F)(F)F)cc(C(F)(F)F)c2)nc1Oc1cc(Cl)ccc1Cl. The second-order valence-corrected chi connectivity index (χ2v) is 7.03. The van der Waals surface area contributed by atoms with Crippen molar-refractivity contribution < 1.29 is 41.0 Å². The van der Waals surface area contributed by atoms with Gasteiger partial charge in [-0.05, 0) is 30.3 Å². The average molecular weight is 497 g/mol. The van der Waals surface area contributed by atoms with Crippen molar-refractivity contribution in [1.82, 2.24) is 9.97 Å². The van der Waals surface area contributed by atoms with Gasteiger partial charge in [0.05, 0.1) is 16.1 Å². The first-order valence-corrected chi connectivity index (χ1v) is 9.04. The number of carboxylic acids is 1. The Hall–Kier alpha value is -3.05. The molecule has 1 aromatic heterocycles. The maximum atomic E-state index is 13.1.